The van der Waals surface area contributed by atoms with Gasteiger partial charge in [-0.15, -0.1) is 0 Å². The summed E-state index contributed by atoms with van der Waals surface area (Å²) < 4.78 is 0. The monoisotopic (exact) mass is 352 g/mol. The third-order valence-electron chi connectivity index (χ3n) is 4.85. The molecular weight excluding hydrogens is 332 g/mol. The molecule has 2 N–H and O–H groups in total. The summed E-state index contributed by atoms with van der Waals surface area (Å²) in [5.41, 5.74) is 12.4. The molecule has 4 rings (SSSR count). The van der Waals surface area contributed by atoms with Crippen LogP contribution in [0.4, 0.5) is 5.82 Å². The average molecular weight is 352 g/mol. The minimum Gasteiger partial charge on any atom is -0.382 e. The van der Waals surface area contributed by atoms with Gasteiger partial charge in [0.2, 0.25) is 0 Å². The van der Waals surface area contributed by atoms with Gasteiger partial charge in [-0.2, -0.15) is 5.26 Å². The Bertz CT molecular complexity index is 1190. The molecule has 0 atom stereocenters. The molecule has 27 heavy (non-hydrogen) atoms. The van der Waals surface area contributed by atoms with Crippen LogP contribution in [0.3, 0.4) is 0 Å². The van der Waals surface area contributed by atoms with Crippen LogP contribution in [0.15, 0.2) is 54.7 Å². The van der Waals surface area contributed by atoms with E-state index in [1.54, 1.807) is 0 Å². The molecule has 4 nitrogen and oxygen atoms in total. The van der Waals surface area contributed by atoms with Gasteiger partial charge in [0.1, 0.15) is 5.52 Å². The summed E-state index contributed by atoms with van der Waals surface area (Å²) in [6.07, 6.45) is 4.13. The summed E-state index contributed by atoms with van der Waals surface area (Å²) in [4.78, 5) is 9.09. The Hall–Kier alpha value is -3.45. The predicted molar refractivity (Wildman–Crippen MR) is 109 cm³/mol. The van der Waals surface area contributed by atoms with Crippen molar-refractivity contribution < 1.29 is 0 Å². The van der Waals surface area contributed by atoms with Gasteiger partial charge < -0.3 is 5.73 Å². The quantitative estimate of drug-likeness (QED) is 0.548. The molecule has 2 aromatic heterocycles. The van der Waals surface area contributed by atoms with Crippen LogP contribution >= 0.6 is 0 Å². The van der Waals surface area contributed by atoms with Crippen molar-refractivity contribution in [3.8, 4) is 6.07 Å². The summed E-state index contributed by atoms with van der Waals surface area (Å²) in [5, 5.41) is 11.0. The summed E-state index contributed by atoms with van der Waals surface area (Å²) >= 11 is 0. The van der Waals surface area contributed by atoms with Crippen molar-refractivity contribution in [3.05, 3.63) is 77.0 Å². The zero-order valence-electron chi connectivity index (χ0n) is 15.2. The number of aromatic nitrogens is 2. The number of rotatable bonds is 4. The van der Waals surface area contributed by atoms with E-state index in [9.17, 15) is 0 Å². The van der Waals surface area contributed by atoms with E-state index in [2.05, 4.69) is 59.4 Å². The van der Waals surface area contributed by atoms with Gasteiger partial charge >= 0.3 is 0 Å². The Balaban J connectivity index is 1.68. The minimum absolute atomic E-state index is 0.447. The molecule has 0 saturated carbocycles. The van der Waals surface area contributed by atoms with Crippen LogP contribution in [0.5, 0.6) is 0 Å². The Morgan fingerprint density at radius 3 is 2.63 bits per heavy atom. The Kier molecular flexibility index (Phi) is 4.43. The fraction of sp³-hybridized carbons (Fsp3) is 0.174. The second-order valence-corrected chi connectivity index (χ2v) is 6.91. The maximum absolute atomic E-state index is 8.87. The van der Waals surface area contributed by atoms with Crippen molar-refractivity contribution in [1.29, 1.82) is 5.26 Å². The van der Waals surface area contributed by atoms with Crippen LogP contribution < -0.4 is 5.73 Å². The van der Waals surface area contributed by atoms with Crippen LogP contribution in [-0.2, 0) is 19.3 Å². The van der Waals surface area contributed by atoms with Crippen molar-refractivity contribution in [2.75, 3.05) is 5.73 Å². The Morgan fingerprint density at radius 1 is 0.963 bits per heavy atom. The third kappa shape index (κ3) is 3.45. The van der Waals surface area contributed by atoms with E-state index in [-0.39, 0.29) is 0 Å². The highest BCUT2D eigenvalue weighted by atomic mass is 14.9. The van der Waals surface area contributed by atoms with Gasteiger partial charge in [-0.1, -0.05) is 36.4 Å². The van der Waals surface area contributed by atoms with Crippen LogP contribution in [0, 0.1) is 18.3 Å². The normalized spacial score (nSPS) is 11.0. The lowest BCUT2D eigenvalue weighted by atomic mass is 10.0. The highest BCUT2D eigenvalue weighted by Crippen LogP contribution is 2.28. The first kappa shape index (κ1) is 17.0. The van der Waals surface area contributed by atoms with Crippen LogP contribution in [0.1, 0.15) is 22.3 Å². The number of hydrogen-bond acceptors (Lipinski definition) is 4. The van der Waals surface area contributed by atoms with Crippen LogP contribution in [0.25, 0.3) is 21.8 Å². The summed E-state index contributed by atoms with van der Waals surface area (Å²) in [6.45, 7) is 2.05. The maximum Gasteiger partial charge on any atom is 0.150 e. The fourth-order valence-corrected chi connectivity index (χ4v) is 3.47. The van der Waals surface area contributed by atoms with Crippen molar-refractivity contribution in [3.63, 3.8) is 0 Å². The molecule has 0 amide bonds. The highest BCUT2D eigenvalue weighted by Gasteiger charge is 2.09. The van der Waals surface area contributed by atoms with Crippen molar-refractivity contribution in [1.82, 2.24) is 9.97 Å². The SMILES string of the molecule is Cc1ccc2c(c1)nc(N)c1ncc(CCc3cccc(CC#N)c3)cc12. The average Bonchev–Trinajstić information content (AvgIpc) is 2.67. The van der Waals surface area contributed by atoms with Crippen molar-refractivity contribution in [2.45, 2.75) is 26.2 Å². The van der Waals surface area contributed by atoms with Crippen LogP contribution in [-0.4, -0.2) is 9.97 Å². The first-order valence-corrected chi connectivity index (χ1v) is 9.03. The van der Waals surface area contributed by atoms with E-state index >= 15 is 0 Å². The largest absolute Gasteiger partial charge is 0.382 e. The van der Waals surface area contributed by atoms with E-state index in [4.69, 9.17) is 11.0 Å². The standard InChI is InChI=1S/C23H20N4/c1-15-5-8-19-20-13-18(14-26-22(20)23(25)27-21(19)11-15)7-6-16-3-2-4-17(12-16)9-10-24/h2-5,8,11-14H,6-7,9H2,1H3,(H2,25,27). The number of nitrogens with zero attached hydrogens (tertiary/aromatic N) is 3. The molecule has 0 unspecified atom stereocenters. The van der Waals surface area contributed by atoms with Gasteiger partial charge in [0, 0.05) is 17.0 Å². The van der Waals surface area contributed by atoms with E-state index in [1.165, 1.54) is 11.1 Å². The zero-order valence-corrected chi connectivity index (χ0v) is 15.2. The first-order valence-electron chi connectivity index (χ1n) is 9.03. The first-order chi connectivity index (χ1) is 13.1. The lowest BCUT2D eigenvalue weighted by Crippen LogP contribution is -1.98. The number of nitriles is 1. The fourth-order valence-electron chi connectivity index (χ4n) is 3.47. The van der Waals surface area contributed by atoms with E-state index in [1.807, 2.05) is 18.3 Å². The molecule has 4 aromatic rings. The number of nitrogens with two attached hydrogens (primary N) is 1. The highest BCUT2D eigenvalue weighted by molar-refractivity contribution is 6.08. The number of aryl methyl sites for hydroxylation is 3. The van der Waals surface area contributed by atoms with Crippen molar-refractivity contribution in [2.24, 2.45) is 0 Å². The molecular formula is C23H20N4. The molecule has 0 aliphatic carbocycles. The lowest BCUT2D eigenvalue weighted by molar-refractivity contribution is 0.951. The van der Waals surface area contributed by atoms with E-state index in [0.717, 1.165) is 45.8 Å². The number of fused-ring (bicyclic) bond motifs is 3. The van der Waals surface area contributed by atoms with Gasteiger partial charge in [-0.05, 0) is 54.2 Å². The number of hydrogen-bond donors (Lipinski definition) is 1. The summed E-state index contributed by atoms with van der Waals surface area (Å²) in [7, 11) is 0. The predicted octanol–water partition coefficient (Wildman–Crippen LogP) is 4.52. The van der Waals surface area contributed by atoms with Gasteiger partial charge in [0.05, 0.1) is 18.0 Å². The Labute approximate surface area is 158 Å². The molecule has 4 heteroatoms. The molecule has 0 radical (unpaired) electrons. The van der Waals surface area contributed by atoms with Gasteiger partial charge in [-0.25, -0.2) is 4.98 Å². The Morgan fingerprint density at radius 2 is 1.78 bits per heavy atom. The second kappa shape index (κ2) is 7.05. The van der Waals surface area contributed by atoms with Gasteiger partial charge in [-0.3, -0.25) is 4.98 Å². The molecule has 2 heterocycles. The summed E-state index contributed by atoms with van der Waals surface area (Å²) in [6, 6.07) is 18.8. The molecule has 0 spiro atoms. The van der Waals surface area contributed by atoms with E-state index in [0.29, 0.717) is 12.2 Å². The van der Waals surface area contributed by atoms with Crippen LogP contribution in [0.2, 0.25) is 0 Å². The number of pyridine rings is 2. The zero-order chi connectivity index (χ0) is 18.8. The number of nitrogen functional groups attached to an aromatic ring is 1. The molecule has 0 bridgehead atoms. The maximum atomic E-state index is 8.87. The summed E-state index contributed by atoms with van der Waals surface area (Å²) in [5.74, 6) is 0.471. The van der Waals surface area contributed by atoms with Crippen molar-refractivity contribution >= 4 is 27.6 Å². The lowest BCUT2D eigenvalue weighted by Gasteiger charge is -2.09. The minimum atomic E-state index is 0.447. The molecule has 0 saturated heterocycles. The molecule has 0 aliphatic rings. The second-order valence-electron chi connectivity index (χ2n) is 6.91. The molecule has 2 aromatic carbocycles. The van der Waals surface area contributed by atoms with Gasteiger partial charge in [0.25, 0.3) is 0 Å². The topological polar surface area (TPSA) is 75.6 Å². The number of anilines is 1. The number of benzene rings is 2. The molecule has 132 valence electrons. The third-order valence-corrected chi connectivity index (χ3v) is 4.85. The van der Waals surface area contributed by atoms with Gasteiger partial charge in [0.15, 0.2) is 5.82 Å². The van der Waals surface area contributed by atoms with E-state index < -0.39 is 0 Å². The molecule has 0 aliphatic heterocycles. The smallest absolute Gasteiger partial charge is 0.150 e. The molecule has 0 fully saturated rings.